The van der Waals surface area contributed by atoms with Gasteiger partial charge in [0.1, 0.15) is 11.5 Å². The number of halogens is 2. The summed E-state index contributed by atoms with van der Waals surface area (Å²) in [4.78, 5) is 30.2. The van der Waals surface area contributed by atoms with Gasteiger partial charge in [-0.15, -0.1) is 0 Å². The van der Waals surface area contributed by atoms with Crippen LogP contribution in [0.4, 0.5) is 4.39 Å². The van der Waals surface area contributed by atoms with Gasteiger partial charge in [0.05, 0.1) is 6.54 Å². The van der Waals surface area contributed by atoms with Crippen molar-refractivity contribution in [3.63, 3.8) is 0 Å². The smallest absolute Gasteiger partial charge is 0.270 e. The third-order valence-corrected chi connectivity index (χ3v) is 4.16. The molecule has 5 nitrogen and oxygen atoms in total. The van der Waals surface area contributed by atoms with E-state index >= 15 is 0 Å². The second-order valence-electron chi connectivity index (χ2n) is 5.92. The largest absolute Gasteiger partial charge is 0.342 e. The van der Waals surface area contributed by atoms with Crippen LogP contribution in [0.2, 0.25) is 5.02 Å². The lowest BCUT2D eigenvalue weighted by Gasteiger charge is -2.22. The molecule has 0 atom stereocenters. The number of amides is 2. The standard InChI is InChI=1S/C18H17ClFN3O2/c19-13-7-8-21-16(9-13)18(25)22-10-17(24)23(15-5-6-15)11-12-1-3-14(20)4-2-12/h1-4,7-9,15H,5-6,10-11H2,(H,22,25). The lowest BCUT2D eigenvalue weighted by molar-refractivity contribution is -0.131. The van der Waals surface area contributed by atoms with Crippen LogP contribution in [0.1, 0.15) is 28.9 Å². The lowest BCUT2D eigenvalue weighted by atomic mass is 10.2. The van der Waals surface area contributed by atoms with E-state index in [0.29, 0.717) is 11.6 Å². The highest BCUT2D eigenvalue weighted by Gasteiger charge is 2.32. The number of hydrogen-bond donors (Lipinski definition) is 1. The molecule has 0 saturated heterocycles. The highest BCUT2D eigenvalue weighted by atomic mass is 35.5. The Labute approximate surface area is 149 Å². The van der Waals surface area contributed by atoms with Crippen molar-refractivity contribution in [3.05, 3.63) is 64.7 Å². The molecule has 7 heteroatoms. The van der Waals surface area contributed by atoms with Crippen LogP contribution in [0.25, 0.3) is 0 Å². The zero-order chi connectivity index (χ0) is 17.8. The van der Waals surface area contributed by atoms with E-state index in [4.69, 9.17) is 11.6 Å². The van der Waals surface area contributed by atoms with Crippen molar-refractivity contribution < 1.29 is 14.0 Å². The number of carbonyl (C=O) groups excluding carboxylic acids is 2. The molecule has 0 unspecified atom stereocenters. The summed E-state index contributed by atoms with van der Waals surface area (Å²) in [5.41, 5.74) is 1.02. The summed E-state index contributed by atoms with van der Waals surface area (Å²) < 4.78 is 13.0. The van der Waals surface area contributed by atoms with Crippen LogP contribution in [-0.2, 0) is 11.3 Å². The monoisotopic (exact) mass is 361 g/mol. The molecule has 1 aliphatic rings. The van der Waals surface area contributed by atoms with Crippen LogP contribution in [0, 0.1) is 5.82 Å². The van der Waals surface area contributed by atoms with Gasteiger partial charge in [-0.25, -0.2) is 4.39 Å². The van der Waals surface area contributed by atoms with E-state index in [0.717, 1.165) is 18.4 Å². The second kappa shape index (κ2) is 7.61. The van der Waals surface area contributed by atoms with Crippen molar-refractivity contribution in [1.82, 2.24) is 15.2 Å². The molecular weight excluding hydrogens is 345 g/mol. The number of pyridine rings is 1. The van der Waals surface area contributed by atoms with Crippen LogP contribution in [-0.4, -0.2) is 34.3 Å². The number of benzene rings is 1. The predicted molar refractivity (Wildman–Crippen MR) is 91.6 cm³/mol. The molecule has 1 saturated carbocycles. The molecule has 1 fully saturated rings. The van der Waals surface area contributed by atoms with Crippen molar-refractivity contribution >= 4 is 23.4 Å². The number of rotatable bonds is 6. The van der Waals surface area contributed by atoms with Crippen molar-refractivity contribution in [3.8, 4) is 0 Å². The Morgan fingerprint density at radius 2 is 1.96 bits per heavy atom. The molecule has 2 aromatic rings. The Morgan fingerprint density at radius 3 is 2.60 bits per heavy atom. The zero-order valence-corrected chi connectivity index (χ0v) is 14.2. The van der Waals surface area contributed by atoms with Crippen molar-refractivity contribution in [2.24, 2.45) is 0 Å². The van der Waals surface area contributed by atoms with Crippen LogP contribution in [0.15, 0.2) is 42.6 Å². The number of nitrogens with zero attached hydrogens (tertiary/aromatic N) is 2. The van der Waals surface area contributed by atoms with Gasteiger partial charge in [-0.3, -0.25) is 14.6 Å². The first-order valence-electron chi connectivity index (χ1n) is 7.96. The zero-order valence-electron chi connectivity index (χ0n) is 13.4. The molecule has 0 aliphatic heterocycles. The lowest BCUT2D eigenvalue weighted by Crippen LogP contribution is -2.41. The van der Waals surface area contributed by atoms with E-state index in [1.54, 1.807) is 23.1 Å². The molecule has 25 heavy (non-hydrogen) atoms. The first kappa shape index (κ1) is 17.4. The first-order valence-corrected chi connectivity index (χ1v) is 8.34. The maximum absolute atomic E-state index is 13.0. The van der Waals surface area contributed by atoms with Crippen molar-refractivity contribution in [2.45, 2.75) is 25.4 Å². The summed E-state index contributed by atoms with van der Waals surface area (Å²) in [6, 6.07) is 9.26. The quantitative estimate of drug-likeness (QED) is 0.860. The van der Waals surface area contributed by atoms with Crippen LogP contribution in [0.3, 0.4) is 0 Å². The van der Waals surface area contributed by atoms with Gasteiger partial charge < -0.3 is 10.2 Å². The fourth-order valence-corrected chi connectivity index (χ4v) is 2.63. The summed E-state index contributed by atoms with van der Waals surface area (Å²) in [5, 5.41) is 2.98. The summed E-state index contributed by atoms with van der Waals surface area (Å²) in [5.74, 6) is -0.940. The Balaban J connectivity index is 1.59. The van der Waals surface area contributed by atoms with Gasteiger partial charge >= 0.3 is 0 Å². The molecule has 0 bridgehead atoms. The molecule has 1 heterocycles. The molecular formula is C18H17ClFN3O2. The normalized spacial score (nSPS) is 13.4. The third kappa shape index (κ3) is 4.76. The number of carbonyl (C=O) groups is 2. The fraction of sp³-hybridized carbons (Fsp3) is 0.278. The molecule has 0 spiro atoms. The third-order valence-electron chi connectivity index (χ3n) is 3.93. The van der Waals surface area contributed by atoms with E-state index in [1.807, 2.05) is 0 Å². The molecule has 1 aromatic carbocycles. The van der Waals surface area contributed by atoms with Gasteiger partial charge in [-0.05, 0) is 42.7 Å². The molecule has 2 amide bonds. The topological polar surface area (TPSA) is 62.3 Å². The number of hydrogen-bond acceptors (Lipinski definition) is 3. The molecule has 1 aliphatic carbocycles. The van der Waals surface area contributed by atoms with Crippen molar-refractivity contribution in [2.75, 3.05) is 6.54 Å². The summed E-state index contributed by atoms with van der Waals surface area (Å²) in [6.07, 6.45) is 3.32. The minimum Gasteiger partial charge on any atom is -0.342 e. The number of aromatic nitrogens is 1. The van der Waals surface area contributed by atoms with Crippen molar-refractivity contribution in [1.29, 1.82) is 0 Å². The van der Waals surface area contributed by atoms with Crippen LogP contribution < -0.4 is 5.32 Å². The SMILES string of the molecule is O=C(NCC(=O)N(Cc1ccc(F)cc1)C1CC1)c1cc(Cl)ccn1. The van der Waals surface area contributed by atoms with Crippen LogP contribution >= 0.6 is 11.6 Å². The summed E-state index contributed by atoms with van der Waals surface area (Å²) >= 11 is 5.83. The predicted octanol–water partition coefficient (Wildman–Crippen LogP) is 2.80. The van der Waals surface area contributed by atoms with Gasteiger partial charge in [-0.1, -0.05) is 23.7 Å². The average molecular weight is 362 g/mol. The second-order valence-corrected chi connectivity index (χ2v) is 6.36. The van der Waals surface area contributed by atoms with E-state index in [-0.39, 0.29) is 30.0 Å². The van der Waals surface area contributed by atoms with Crippen LogP contribution in [0.5, 0.6) is 0 Å². The van der Waals surface area contributed by atoms with Gasteiger partial charge in [0.25, 0.3) is 5.91 Å². The molecule has 3 rings (SSSR count). The molecule has 130 valence electrons. The summed E-state index contributed by atoms with van der Waals surface area (Å²) in [7, 11) is 0. The highest BCUT2D eigenvalue weighted by molar-refractivity contribution is 6.30. The Bertz CT molecular complexity index is 778. The maximum atomic E-state index is 13.0. The fourth-order valence-electron chi connectivity index (χ4n) is 2.47. The Kier molecular flexibility index (Phi) is 5.28. The minimum absolute atomic E-state index is 0.120. The maximum Gasteiger partial charge on any atom is 0.270 e. The van der Waals surface area contributed by atoms with Gasteiger partial charge in [0.2, 0.25) is 5.91 Å². The van der Waals surface area contributed by atoms with Gasteiger partial charge in [-0.2, -0.15) is 0 Å². The molecule has 1 N–H and O–H groups in total. The van der Waals surface area contributed by atoms with Gasteiger partial charge in [0, 0.05) is 23.8 Å². The Morgan fingerprint density at radius 1 is 1.24 bits per heavy atom. The Hall–Kier alpha value is -2.47. The molecule has 1 aromatic heterocycles. The van der Waals surface area contributed by atoms with Gasteiger partial charge in [0.15, 0.2) is 0 Å². The summed E-state index contributed by atoms with van der Waals surface area (Å²) in [6.45, 7) is 0.278. The highest BCUT2D eigenvalue weighted by Crippen LogP contribution is 2.28. The minimum atomic E-state index is -0.451. The van der Waals surface area contributed by atoms with E-state index in [9.17, 15) is 14.0 Å². The van der Waals surface area contributed by atoms with E-state index in [2.05, 4.69) is 10.3 Å². The van der Waals surface area contributed by atoms with E-state index in [1.165, 1.54) is 24.4 Å². The van der Waals surface area contributed by atoms with E-state index < -0.39 is 5.91 Å². The average Bonchev–Trinajstić information content (AvgIpc) is 3.43. The number of nitrogens with one attached hydrogen (secondary N) is 1. The first-order chi connectivity index (χ1) is 12.0. The molecule has 0 radical (unpaired) electrons.